The molecule has 0 radical (unpaired) electrons. The van der Waals surface area contributed by atoms with Gasteiger partial charge in [-0.2, -0.15) is 0 Å². The van der Waals surface area contributed by atoms with Crippen LogP contribution in [0.25, 0.3) is 9.88 Å². The molecule has 25 heavy (non-hydrogen) atoms. The van der Waals surface area contributed by atoms with Crippen molar-refractivity contribution in [3.8, 4) is 9.88 Å². The quantitative estimate of drug-likeness (QED) is 0.686. The van der Waals surface area contributed by atoms with Crippen molar-refractivity contribution in [3.63, 3.8) is 0 Å². The first-order valence-corrected chi connectivity index (χ1v) is 9.89. The lowest BCUT2D eigenvalue weighted by atomic mass is 10.1. The van der Waals surface area contributed by atoms with Crippen LogP contribution in [0.1, 0.15) is 27.0 Å². The number of rotatable bonds is 3. The third-order valence-electron chi connectivity index (χ3n) is 4.25. The summed E-state index contributed by atoms with van der Waals surface area (Å²) in [5.74, 6) is 0.0574. The molecular formula is C19H18N2O2S2. The Labute approximate surface area is 154 Å². The molecule has 3 aromatic rings. The largest absolute Gasteiger partial charge is 0.370 e. The Morgan fingerprint density at radius 3 is 2.84 bits per heavy atom. The molecular weight excluding hydrogens is 352 g/mol. The molecule has 128 valence electrons. The van der Waals surface area contributed by atoms with Crippen LogP contribution in [-0.2, 0) is 4.74 Å². The molecule has 0 bridgehead atoms. The number of aromatic nitrogens is 1. The second-order valence-electron chi connectivity index (χ2n) is 5.93. The van der Waals surface area contributed by atoms with E-state index < -0.39 is 0 Å². The van der Waals surface area contributed by atoms with Crippen LogP contribution in [0.4, 0.5) is 0 Å². The molecule has 1 aliphatic heterocycles. The number of morpholine rings is 1. The minimum Gasteiger partial charge on any atom is -0.370 e. The Morgan fingerprint density at radius 1 is 1.24 bits per heavy atom. The number of aryl methyl sites for hydroxylation is 1. The van der Waals surface area contributed by atoms with Gasteiger partial charge in [0.25, 0.3) is 5.91 Å². The van der Waals surface area contributed by atoms with E-state index in [2.05, 4.69) is 4.98 Å². The maximum Gasteiger partial charge on any atom is 0.266 e. The molecule has 0 saturated carbocycles. The van der Waals surface area contributed by atoms with Gasteiger partial charge >= 0.3 is 0 Å². The molecule has 1 fully saturated rings. The summed E-state index contributed by atoms with van der Waals surface area (Å²) in [6, 6.07) is 14.1. The van der Waals surface area contributed by atoms with Gasteiger partial charge < -0.3 is 9.64 Å². The number of carbonyl (C=O) groups excluding carboxylic acids is 1. The van der Waals surface area contributed by atoms with Crippen molar-refractivity contribution in [1.29, 1.82) is 0 Å². The average molecular weight is 370 g/mol. The summed E-state index contributed by atoms with van der Waals surface area (Å²) in [5, 5.41) is 2.95. The highest BCUT2D eigenvalue weighted by Gasteiger charge is 2.28. The fourth-order valence-corrected chi connectivity index (χ4v) is 4.78. The van der Waals surface area contributed by atoms with Gasteiger partial charge in [-0.05, 0) is 23.9 Å². The minimum absolute atomic E-state index is 0.0574. The number of carbonyl (C=O) groups is 1. The van der Waals surface area contributed by atoms with Crippen LogP contribution in [0.2, 0.25) is 0 Å². The van der Waals surface area contributed by atoms with Gasteiger partial charge in [0, 0.05) is 6.54 Å². The van der Waals surface area contributed by atoms with Gasteiger partial charge in [-0.1, -0.05) is 36.4 Å². The molecule has 0 spiro atoms. The monoisotopic (exact) mass is 370 g/mol. The van der Waals surface area contributed by atoms with Crippen molar-refractivity contribution in [2.24, 2.45) is 0 Å². The van der Waals surface area contributed by atoms with Gasteiger partial charge in [-0.15, -0.1) is 22.7 Å². The lowest BCUT2D eigenvalue weighted by Crippen LogP contribution is -2.42. The van der Waals surface area contributed by atoms with Gasteiger partial charge in [-0.3, -0.25) is 4.79 Å². The lowest BCUT2D eigenvalue weighted by molar-refractivity contribution is -0.0226. The van der Waals surface area contributed by atoms with Crippen molar-refractivity contribution in [2.45, 2.75) is 13.0 Å². The maximum absolute atomic E-state index is 13.0. The third-order valence-corrected chi connectivity index (χ3v) is 6.43. The molecule has 1 saturated heterocycles. The van der Waals surface area contributed by atoms with E-state index in [1.165, 1.54) is 11.3 Å². The van der Waals surface area contributed by atoms with Gasteiger partial charge in [0.05, 0.1) is 23.7 Å². The van der Waals surface area contributed by atoms with E-state index in [1.807, 2.05) is 59.7 Å². The van der Waals surface area contributed by atoms with E-state index in [4.69, 9.17) is 4.74 Å². The van der Waals surface area contributed by atoms with Crippen LogP contribution in [0.5, 0.6) is 0 Å². The number of benzene rings is 1. The standard InChI is InChI=1S/C19H18N2O2S2/c1-13-17(25-18(20-13)16-8-5-11-24-16)19(22)21-9-10-23-15(12-21)14-6-3-2-4-7-14/h2-8,11,15H,9-10,12H2,1H3. The number of hydrogen-bond acceptors (Lipinski definition) is 5. The van der Waals surface area contributed by atoms with E-state index in [0.29, 0.717) is 19.7 Å². The van der Waals surface area contributed by atoms with Gasteiger partial charge in [0.15, 0.2) is 0 Å². The van der Waals surface area contributed by atoms with E-state index in [-0.39, 0.29) is 12.0 Å². The number of hydrogen-bond donors (Lipinski definition) is 0. The highest BCUT2D eigenvalue weighted by molar-refractivity contribution is 7.22. The molecule has 3 heterocycles. The van der Waals surface area contributed by atoms with Crippen LogP contribution < -0.4 is 0 Å². The molecule has 0 aliphatic carbocycles. The number of amides is 1. The molecule has 2 aromatic heterocycles. The predicted molar refractivity (Wildman–Crippen MR) is 101 cm³/mol. The molecule has 1 amide bonds. The Hall–Kier alpha value is -2.02. The molecule has 0 N–H and O–H groups in total. The van der Waals surface area contributed by atoms with Crippen LogP contribution >= 0.6 is 22.7 Å². The molecule has 1 unspecified atom stereocenters. The van der Waals surface area contributed by atoms with E-state index in [1.54, 1.807) is 11.3 Å². The summed E-state index contributed by atoms with van der Waals surface area (Å²) in [6.07, 6.45) is -0.0658. The maximum atomic E-state index is 13.0. The fourth-order valence-electron chi connectivity index (χ4n) is 2.95. The van der Waals surface area contributed by atoms with E-state index in [9.17, 15) is 4.79 Å². The summed E-state index contributed by atoms with van der Waals surface area (Å²) >= 11 is 3.13. The molecule has 6 heteroatoms. The van der Waals surface area contributed by atoms with Crippen LogP contribution in [0.3, 0.4) is 0 Å². The third kappa shape index (κ3) is 3.38. The Kier molecular flexibility index (Phi) is 4.65. The smallest absolute Gasteiger partial charge is 0.266 e. The Balaban J connectivity index is 1.54. The van der Waals surface area contributed by atoms with Crippen molar-refractivity contribution >= 4 is 28.6 Å². The molecule has 1 aromatic carbocycles. The summed E-state index contributed by atoms with van der Waals surface area (Å²) in [7, 11) is 0. The molecule has 1 aliphatic rings. The number of nitrogens with zero attached hydrogens (tertiary/aromatic N) is 2. The summed E-state index contributed by atoms with van der Waals surface area (Å²) < 4.78 is 5.87. The van der Waals surface area contributed by atoms with Crippen LogP contribution in [0, 0.1) is 6.92 Å². The summed E-state index contributed by atoms with van der Waals surface area (Å²) in [5.41, 5.74) is 1.92. The zero-order valence-corrected chi connectivity index (χ0v) is 15.5. The predicted octanol–water partition coefficient (Wildman–Crippen LogP) is 4.39. The minimum atomic E-state index is -0.0658. The van der Waals surface area contributed by atoms with Crippen molar-refractivity contribution in [2.75, 3.05) is 19.7 Å². The fraction of sp³-hybridized carbons (Fsp3) is 0.263. The van der Waals surface area contributed by atoms with E-state index in [0.717, 1.165) is 26.0 Å². The Bertz CT molecular complexity index is 859. The van der Waals surface area contributed by atoms with Crippen molar-refractivity contribution in [3.05, 3.63) is 64.0 Å². The number of thiazole rings is 1. The number of ether oxygens (including phenoxy) is 1. The highest BCUT2D eigenvalue weighted by atomic mass is 32.1. The summed E-state index contributed by atoms with van der Waals surface area (Å²) in [6.45, 7) is 3.67. The first-order valence-electron chi connectivity index (χ1n) is 8.19. The van der Waals surface area contributed by atoms with Gasteiger partial charge in [0.1, 0.15) is 16.0 Å². The second-order valence-corrected chi connectivity index (χ2v) is 7.88. The van der Waals surface area contributed by atoms with Crippen molar-refractivity contribution < 1.29 is 9.53 Å². The molecule has 1 atom stereocenters. The first-order chi connectivity index (χ1) is 12.2. The molecule has 4 nitrogen and oxygen atoms in total. The zero-order chi connectivity index (χ0) is 17.2. The van der Waals surface area contributed by atoms with Gasteiger partial charge in [0.2, 0.25) is 0 Å². The topological polar surface area (TPSA) is 42.4 Å². The van der Waals surface area contributed by atoms with E-state index >= 15 is 0 Å². The van der Waals surface area contributed by atoms with Gasteiger partial charge in [-0.25, -0.2) is 4.98 Å². The zero-order valence-electron chi connectivity index (χ0n) is 13.8. The normalized spacial score (nSPS) is 17.6. The second kappa shape index (κ2) is 7.07. The first kappa shape index (κ1) is 16.4. The highest BCUT2D eigenvalue weighted by Crippen LogP contribution is 2.32. The SMILES string of the molecule is Cc1nc(-c2cccs2)sc1C(=O)N1CCOC(c2ccccc2)C1. The van der Waals surface area contributed by atoms with Crippen molar-refractivity contribution in [1.82, 2.24) is 9.88 Å². The summed E-state index contributed by atoms with van der Waals surface area (Å²) in [4.78, 5) is 21.4. The lowest BCUT2D eigenvalue weighted by Gasteiger charge is -2.33. The van der Waals surface area contributed by atoms with Crippen LogP contribution in [-0.4, -0.2) is 35.5 Å². The average Bonchev–Trinajstić information content (AvgIpc) is 3.31. The Morgan fingerprint density at radius 2 is 2.08 bits per heavy atom. The molecule has 4 rings (SSSR count). The number of thiophene rings is 1. The van der Waals surface area contributed by atoms with Crippen LogP contribution in [0.15, 0.2) is 47.8 Å².